The summed E-state index contributed by atoms with van der Waals surface area (Å²) in [5.41, 5.74) is 4.96. The van der Waals surface area contributed by atoms with E-state index in [0.29, 0.717) is 15.8 Å². The number of aromatic hydroxyl groups is 1. The molecule has 0 aliphatic heterocycles. The van der Waals surface area contributed by atoms with Crippen LogP contribution >= 0.6 is 26.5 Å². The predicted octanol–water partition coefficient (Wildman–Crippen LogP) is 5.98. The van der Waals surface area contributed by atoms with Crippen LogP contribution in [0, 0.1) is 0 Å². The Balaban J connectivity index is 2.34. The van der Waals surface area contributed by atoms with Gasteiger partial charge in [-0.1, -0.05) is 23.5 Å². The molecule has 1 atom stereocenters. The summed E-state index contributed by atoms with van der Waals surface area (Å²) in [5, 5.41) is 8.64. The molecule has 216 valence electrons. The van der Waals surface area contributed by atoms with E-state index in [-0.39, 0.29) is 32.2 Å². The smallest absolute Gasteiger partial charge is 0.348 e. The summed E-state index contributed by atoms with van der Waals surface area (Å²) in [4.78, 5) is 14.7. The fraction of sp³-hybridized carbons (Fsp3) is 0.480. The quantitative estimate of drug-likeness (QED) is 0.201. The van der Waals surface area contributed by atoms with Gasteiger partial charge in [-0.3, -0.25) is 13.9 Å². The highest BCUT2D eigenvalue weighted by atomic mass is 32.1. The van der Waals surface area contributed by atoms with Gasteiger partial charge in [0.15, 0.2) is 5.40 Å². The van der Waals surface area contributed by atoms with Crippen molar-refractivity contribution in [2.45, 2.75) is 39.1 Å². The van der Waals surface area contributed by atoms with Crippen LogP contribution in [0.1, 0.15) is 39.3 Å². The highest BCUT2D eigenvalue weighted by Gasteiger charge is 2.56. The molecule has 0 saturated heterocycles. The number of aromatic nitrogens is 1. The summed E-state index contributed by atoms with van der Waals surface area (Å²) < 4.78 is 53.7. The second-order valence-corrected chi connectivity index (χ2v) is 14.3. The Morgan fingerprint density at radius 1 is 0.897 bits per heavy atom. The molecule has 1 heterocycles. The molecule has 3 rings (SSSR count). The van der Waals surface area contributed by atoms with E-state index >= 15 is 0 Å². The van der Waals surface area contributed by atoms with Crippen molar-refractivity contribution >= 4 is 42.4 Å². The fourth-order valence-electron chi connectivity index (χ4n) is 4.20. The lowest BCUT2D eigenvalue weighted by molar-refractivity contribution is 0.191. The topological polar surface area (TPSA) is 129 Å². The van der Waals surface area contributed by atoms with Gasteiger partial charge in [0.05, 0.1) is 42.7 Å². The number of phenolic OH excluding ortho intramolecular Hbond substituents is 1. The maximum absolute atomic E-state index is 14.5. The molecule has 39 heavy (non-hydrogen) atoms. The number of hydrogen-bond donors (Lipinski definition) is 2. The molecular formula is C25H37N3O8P2S. The Morgan fingerprint density at radius 3 is 1.87 bits per heavy atom. The first-order valence-electron chi connectivity index (χ1n) is 12.7. The summed E-state index contributed by atoms with van der Waals surface area (Å²) in [7, 11) is -4.63. The SMILES string of the molecule is CCOP(=O)(OCC)C(C(Nn1c(=O)sc2ccc(O)cc21)c1ccc(N(C)C)cc1)P(=O)(OCC)OCC. The first-order valence-corrected chi connectivity index (χ1v) is 16.7. The number of rotatable bonds is 15. The van der Waals surface area contributed by atoms with E-state index in [0.717, 1.165) is 17.0 Å². The molecule has 0 bridgehead atoms. The molecule has 1 unspecified atom stereocenters. The van der Waals surface area contributed by atoms with Crippen LogP contribution in [0.5, 0.6) is 5.75 Å². The summed E-state index contributed by atoms with van der Waals surface area (Å²) in [6, 6.07) is 10.7. The minimum atomic E-state index is -4.21. The summed E-state index contributed by atoms with van der Waals surface area (Å²) in [6.45, 7) is 6.65. The number of benzene rings is 2. The molecule has 0 fully saturated rings. The van der Waals surface area contributed by atoms with Crippen LogP contribution in [-0.2, 0) is 27.2 Å². The monoisotopic (exact) mass is 601 g/mol. The molecule has 0 aliphatic rings. The first-order chi connectivity index (χ1) is 18.5. The number of phenols is 1. The summed E-state index contributed by atoms with van der Waals surface area (Å²) in [5.74, 6) is -0.0390. The van der Waals surface area contributed by atoms with Gasteiger partial charge in [-0.15, -0.1) is 0 Å². The molecule has 2 aromatic carbocycles. The van der Waals surface area contributed by atoms with Crippen molar-refractivity contribution in [3.05, 3.63) is 57.7 Å². The molecule has 0 amide bonds. The standard InChI is InChI=1S/C25H37N3O8P2S/c1-7-33-37(31,34-8-2)24(38(32,35-9-3)36-10-4)23(18-11-13-19(14-12-18)27(5)6)26-28-21-17-20(29)15-16-22(21)39-25(28)30/h11-17,23-24,26,29H,7-10H2,1-6H3. The van der Waals surface area contributed by atoms with Crippen molar-refractivity contribution in [1.29, 1.82) is 0 Å². The van der Waals surface area contributed by atoms with Crippen LogP contribution in [0.15, 0.2) is 47.3 Å². The number of nitrogens with one attached hydrogen (secondary N) is 1. The minimum absolute atomic E-state index is 0.00746. The Labute approximate surface area is 232 Å². The maximum atomic E-state index is 14.5. The third-order valence-electron chi connectivity index (χ3n) is 5.78. The second kappa shape index (κ2) is 13.5. The van der Waals surface area contributed by atoms with Crippen LogP contribution in [0.25, 0.3) is 10.2 Å². The molecule has 0 aliphatic carbocycles. The van der Waals surface area contributed by atoms with Crippen molar-refractivity contribution < 1.29 is 32.3 Å². The highest BCUT2D eigenvalue weighted by molar-refractivity contribution is 7.72. The maximum Gasteiger partial charge on any atom is 0.348 e. The average molecular weight is 602 g/mol. The molecule has 2 N–H and O–H groups in total. The molecule has 11 nitrogen and oxygen atoms in total. The van der Waals surface area contributed by atoms with Crippen LogP contribution in [-0.4, -0.2) is 55.7 Å². The Morgan fingerprint density at radius 2 is 1.41 bits per heavy atom. The lowest BCUT2D eigenvalue weighted by Gasteiger charge is -2.37. The fourth-order valence-corrected chi connectivity index (χ4v) is 10.6. The number of thiazole rings is 1. The van der Waals surface area contributed by atoms with Gasteiger partial charge in [0.1, 0.15) is 5.75 Å². The van der Waals surface area contributed by atoms with E-state index in [4.69, 9.17) is 18.1 Å². The lowest BCUT2D eigenvalue weighted by atomic mass is 10.1. The molecule has 0 radical (unpaired) electrons. The first kappa shape index (κ1) is 31.4. The zero-order valence-electron chi connectivity index (χ0n) is 23.0. The van der Waals surface area contributed by atoms with Crippen molar-refractivity contribution in [2.24, 2.45) is 0 Å². The Hall–Kier alpha value is -2.17. The van der Waals surface area contributed by atoms with E-state index in [1.807, 2.05) is 31.1 Å². The van der Waals surface area contributed by atoms with Gasteiger partial charge in [0.25, 0.3) is 0 Å². The van der Waals surface area contributed by atoms with Gasteiger partial charge >= 0.3 is 20.1 Å². The molecule has 3 aromatic rings. The summed E-state index contributed by atoms with van der Waals surface area (Å²) in [6.07, 6.45) is 0. The molecule has 0 spiro atoms. The van der Waals surface area contributed by atoms with Gasteiger partial charge in [0.2, 0.25) is 0 Å². The third-order valence-corrected chi connectivity index (χ3v) is 12.8. The van der Waals surface area contributed by atoms with Gasteiger partial charge in [0, 0.05) is 25.8 Å². The van der Waals surface area contributed by atoms with Gasteiger partial charge in [-0.25, -0.2) is 4.68 Å². The zero-order valence-corrected chi connectivity index (χ0v) is 25.6. The van der Waals surface area contributed by atoms with Gasteiger partial charge < -0.3 is 33.5 Å². The molecular weight excluding hydrogens is 564 g/mol. The predicted molar refractivity (Wildman–Crippen MR) is 156 cm³/mol. The van der Waals surface area contributed by atoms with Gasteiger partial charge in [-0.05, 0) is 57.5 Å². The number of hydrogen-bond acceptors (Lipinski definition) is 11. The zero-order chi connectivity index (χ0) is 28.8. The number of anilines is 1. The van der Waals surface area contributed by atoms with E-state index in [1.54, 1.807) is 45.9 Å². The van der Waals surface area contributed by atoms with Crippen molar-refractivity contribution in [2.75, 3.05) is 50.8 Å². The van der Waals surface area contributed by atoms with Crippen molar-refractivity contribution in [1.82, 2.24) is 4.68 Å². The van der Waals surface area contributed by atoms with E-state index in [2.05, 4.69) is 5.43 Å². The van der Waals surface area contributed by atoms with E-state index < -0.39 is 31.5 Å². The number of fused-ring (bicyclic) bond motifs is 1. The largest absolute Gasteiger partial charge is 0.508 e. The Kier molecular flexibility index (Phi) is 10.8. The van der Waals surface area contributed by atoms with E-state index in [1.165, 1.54) is 16.8 Å². The van der Waals surface area contributed by atoms with Gasteiger partial charge in [-0.2, -0.15) is 0 Å². The molecule has 1 aromatic heterocycles. The summed E-state index contributed by atoms with van der Waals surface area (Å²) >= 11 is 0.963. The third kappa shape index (κ3) is 6.95. The lowest BCUT2D eigenvalue weighted by Crippen LogP contribution is -2.36. The second-order valence-electron chi connectivity index (χ2n) is 8.61. The van der Waals surface area contributed by atoms with Crippen LogP contribution in [0.4, 0.5) is 5.69 Å². The van der Waals surface area contributed by atoms with Crippen LogP contribution in [0.3, 0.4) is 0 Å². The number of nitrogens with zero attached hydrogens (tertiary/aromatic N) is 2. The van der Waals surface area contributed by atoms with Crippen molar-refractivity contribution in [3.63, 3.8) is 0 Å². The Bertz CT molecular complexity index is 1340. The average Bonchev–Trinajstić information content (AvgIpc) is 3.18. The normalized spacial score (nSPS) is 13.2. The van der Waals surface area contributed by atoms with E-state index in [9.17, 15) is 19.0 Å². The molecule has 0 saturated carbocycles. The van der Waals surface area contributed by atoms with Crippen LogP contribution < -0.4 is 15.2 Å². The highest BCUT2D eigenvalue weighted by Crippen LogP contribution is 2.73. The van der Waals surface area contributed by atoms with Crippen molar-refractivity contribution in [3.8, 4) is 5.75 Å². The minimum Gasteiger partial charge on any atom is -0.508 e. The molecule has 14 heteroatoms. The van der Waals surface area contributed by atoms with Crippen LogP contribution in [0.2, 0.25) is 0 Å².